The molecule has 1 aromatic carbocycles. The van der Waals surface area contributed by atoms with Crippen molar-refractivity contribution in [2.24, 2.45) is 0 Å². The maximum atomic E-state index is 13.9. The summed E-state index contributed by atoms with van der Waals surface area (Å²) in [6.45, 7) is 0.666. The second-order valence-corrected chi connectivity index (χ2v) is 5.08. The molecule has 0 bridgehead atoms. The van der Waals surface area contributed by atoms with E-state index in [2.05, 4.69) is 15.5 Å². The lowest BCUT2D eigenvalue weighted by molar-refractivity contribution is -0.139. The van der Waals surface area contributed by atoms with Crippen LogP contribution in [0.4, 0.5) is 17.6 Å². The Kier molecular flexibility index (Phi) is 4.34. The summed E-state index contributed by atoms with van der Waals surface area (Å²) in [6, 6.07) is 3.14. The van der Waals surface area contributed by atoms with Gasteiger partial charge in [0.25, 0.3) is 0 Å². The smallest absolute Gasteiger partial charge is 0.319 e. The number of hydrogen-bond donors (Lipinski definition) is 1. The summed E-state index contributed by atoms with van der Waals surface area (Å²) in [5.41, 5.74) is -1.46. The fourth-order valence-electron chi connectivity index (χ4n) is 1.61. The van der Waals surface area contributed by atoms with E-state index in [1.165, 1.54) is 6.07 Å². The molecule has 20 heavy (non-hydrogen) atoms. The van der Waals surface area contributed by atoms with E-state index in [0.717, 1.165) is 17.4 Å². The van der Waals surface area contributed by atoms with Crippen LogP contribution < -0.4 is 5.32 Å². The number of hydrogen-bond acceptors (Lipinski definition) is 4. The molecule has 0 aliphatic carbocycles. The summed E-state index contributed by atoms with van der Waals surface area (Å²) in [4.78, 5) is 0. The molecule has 0 unspecified atom stereocenters. The molecule has 8 heteroatoms. The van der Waals surface area contributed by atoms with E-state index in [9.17, 15) is 17.6 Å². The highest BCUT2D eigenvalue weighted by molar-refractivity contribution is 7.14. The molecule has 0 saturated heterocycles. The molecule has 0 spiro atoms. The SMILES string of the molecule is CNCCc1nnc(-c2cccc(C(F)(F)F)c2F)s1. The Morgan fingerprint density at radius 1 is 1.25 bits per heavy atom. The predicted molar refractivity (Wildman–Crippen MR) is 67.9 cm³/mol. The van der Waals surface area contributed by atoms with E-state index in [4.69, 9.17) is 0 Å². The second kappa shape index (κ2) is 5.84. The fraction of sp³-hybridized carbons (Fsp3) is 0.333. The number of halogens is 4. The molecule has 1 aromatic heterocycles. The largest absolute Gasteiger partial charge is 0.419 e. The molecule has 3 nitrogen and oxygen atoms in total. The molecule has 0 radical (unpaired) electrons. The molecule has 0 fully saturated rings. The van der Waals surface area contributed by atoms with Gasteiger partial charge in [0, 0.05) is 18.5 Å². The minimum absolute atomic E-state index is 0.153. The number of nitrogens with one attached hydrogen (secondary N) is 1. The van der Waals surface area contributed by atoms with Gasteiger partial charge >= 0.3 is 6.18 Å². The van der Waals surface area contributed by atoms with Gasteiger partial charge in [0.15, 0.2) is 5.01 Å². The summed E-state index contributed by atoms with van der Waals surface area (Å²) < 4.78 is 51.8. The highest BCUT2D eigenvalue weighted by Gasteiger charge is 2.35. The van der Waals surface area contributed by atoms with E-state index >= 15 is 0 Å². The van der Waals surface area contributed by atoms with Crippen molar-refractivity contribution in [1.82, 2.24) is 15.5 Å². The predicted octanol–water partition coefficient (Wildman–Crippen LogP) is 3.12. The van der Waals surface area contributed by atoms with Crippen molar-refractivity contribution >= 4 is 11.3 Å². The first-order valence-corrected chi connectivity index (χ1v) is 6.58. The van der Waals surface area contributed by atoms with Crippen molar-refractivity contribution in [3.63, 3.8) is 0 Å². The van der Waals surface area contributed by atoms with Crippen molar-refractivity contribution in [2.45, 2.75) is 12.6 Å². The van der Waals surface area contributed by atoms with Crippen LogP contribution in [0, 0.1) is 5.82 Å². The minimum atomic E-state index is -4.72. The average molecular weight is 305 g/mol. The maximum Gasteiger partial charge on any atom is 0.419 e. The van der Waals surface area contributed by atoms with Crippen LogP contribution >= 0.6 is 11.3 Å². The Balaban J connectivity index is 2.36. The summed E-state index contributed by atoms with van der Waals surface area (Å²) in [5.74, 6) is -1.31. The van der Waals surface area contributed by atoms with Gasteiger partial charge in [-0.2, -0.15) is 13.2 Å². The highest BCUT2D eigenvalue weighted by Crippen LogP contribution is 2.36. The third-order valence-electron chi connectivity index (χ3n) is 2.59. The van der Waals surface area contributed by atoms with Crippen molar-refractivity contribution in [3.8, 4) is 10.6 Å². The van der Waals surface area contributed by atoms with E-state index < -0.39 is 17.6 Å². The van der Waals surface area contributed by atoms with Crippen molar-refractivity contribution in [2.75, 3.05) is 13.6 Å². The van der Waals surface area contributed by atoms with E-state index in [0.29, 0.717) is 24.0 Å². The quantitative estimate of drug-likeness (QED) is 0.882. The van der Waals surface area contributed by atoms with E-state index in [1.54, 1.807) is 7.05 Å². The van der Waals surface area contributed by atoms with Gasteiger partial charge in [-0.3, -0.25) is 0 Å². The normalized spacial score (nSPS) is 11.8. The van der Waals surface area contributed by atoms with Crippen LogP contribution in [0.2, 0.25) is 0 Å². The zero-order valence-electron chi connectivity index (χ0n) is 10.5. The van der Waals surface area contributed by atoms with Gasteiger partial charge in [-0.05, 0) is 19.2 Å². The van der Waals surface area contributed by atoms with E-state index in [1.807, 2.05) is 0 Å². The lowest BCUT2D eigenvalue weighted by atomic mass is 10.1. The van der Waals surface area contributed by atoms with Gasteiger partial charge in [0.2, 0.25) is 0 Å². The molecular formula is C12H11F4N3S. The zero-order valence-corrected chi connectivity index (χ0v) is 11.3. The van der Waals surface area contributed by atoms with Gasteiger partial charge in [-0.1, -0.05) is 17.4 Å². The molecule has 0 aliphatic rings. The Hall–Kier alpha value is -1.54. The van der Waals surface area contributed by atoms with Crippen LogP contribution in [0.15, 0.2) is 18.2 Å². The molecule has 1 N–H and O–H groups in total. The van der Waals surface area contributed by atoms with Crippen molar-refractivity contribution in [3.05, 3.63) is 34.6 Å². The summed E-state index contributed by atoms with van der Waals surface area (Å²) in [6.07, 6.45) is -4.13. The van der Waals surface area contributed by atoms with Crippen LogP contribution in [0.3, 0.4) is 0 Å². The number of aromatic nitrogens is 2. The van der Waals surface area contributed by atoms with Crippen molar-refractivity contribution in [1.29, 1.82) is 0 Å². The van der Waals surface area contributed by atoms with Crippen LogP contribution in [0.1, 0.15) is 10.6 Å². The molecule has 0 aliphatic heterocycles. The molecule has 2 rings (SSSR count). The highest BCUT2D eigenvalue weighted by atomic mass is 32.1. The Morgan fingerprint density at radius 2 is 2.00 bits per heavy atom. The molecule has 0 saturated carbocycles. The van der Waals surface area contributed by atoms with Crippen LogP contribution in [-0.2, 0) is 12.6 Å². The maximum absolute atomic E-state index is 13.9. The molecular weight excluding hydrogens is 294 g/mol. The second-order valence-electron chi connectivity index (χ2n) is 4.02. The first-order valence-electron chi connectivity index (χ1n) is 5.76. The third kappa shape index (κ3) is 3.13. The zero-order chi connectivity index (χ0) is 14.8. The summed E-state index contributed by atoms with van der Waals surface area (Å²) in [7, 11) is 1.77. The number of alkyl halides is 3. The van der Waals surface area contributed by atoms with Crippen LogP contribution in [0.25, 0.3) is 10.6 Å². The van der Waals surface area contributed by atoms with Gasteiger partial charge < -0.3 is 5.32 Å². The summed E-state index contributed by atoms with van der Waals surface area (Å²) in [5, 5.41) is 11.3. The molecule has 108 valence electrons. The van der Waals surface area contributed by atoms with Crippen LogP contribution in [0.5, 0.6) is 0 Å². The van der Waals surface area contributed by atoms with Gasteiger partial charge in [0.1, 0.15) is 10.8 Å². The molecule has 2 aromatic rings. The van der Waals surface area contributed by atoms with E-state index in [-0.39, 0.29) is 10.6 Å². The monoisotopic (exact) mass is 305 g/mol. The van der Waals surface area contributed by atoms with Gasteiger partial charge in [0.05, 0.1) is 5.56 Å². The third-order valence-corrected chi connectivity index (χ3v) is 3.61. The number of nitrogens with zero attached hydrogens (tertiary/aromatic N) is 2. The molecule has 0 atom stereocenters. The first kappa shape index (κ1) is 14.9. The lowest BCUT2D eigenvalue weighted by Crippen LogP contribution is -2.09. The topological polar surface area (TPSA) is 37.8 Å². The Labute approximate surface area is 116 Å². The minimum Gasteiger partial charge on any atom is -0.319 e. The van der Waals surface area contributed by atoms with Gasteiger partial charge in [-0.25, -0.2) is 4.39 Å². The number of benzene rings is 1. The van der Waals surface area contributed by atoms with Crippen LogP contribution in [-0.4, -0.2) is 23.8 Å². The Morgan fingerprint density at radius 3 is 2.65 bits per heavy atom. The standard InChI is InChI=1S/C12H11F4N3S/c1-17-6-5-9-18-19-11(20-9)7-3-2-4-8(10(7)13)12(14,15)16/h2-4,17H,5-6H2,1H3. The fourth-order valence-corrected chi connectivity index (χ4v) is 2.47. The molecule has 0 amide bonds. The number of likely N-dealkylation sites (N-methyl/N-ethyl adjacent to an activating group) is 1. The summed E-state index contributed by atoms with van der Waals surface area (Å²) >= 11 is 1.09. The van der Waals surface area contributed by atoms with Crippen molar-refractivity contribution < 1.29 is 17.6 Å². The number of rotatable bonds is 4. The van der Waals surface area contributed by atoms with Gasteiger partial charge in [-0.15, -0.1) is 10.2 Å². The first-order chi connectivity index (χ1) is 9.43. The average Bonchev–Trinajstić information content (AvgIpc) is 2.83. The molecule has 1 heterocycles. The lowest BCUT2D eigenvalue weighted by Gasteiger charge is -2.09. The Bertz CT molecular complexity index is 595.